The molecule has 1 aromatic rings. The molecule has 0 amide bonds. The van der Waals surface area contributed by atoms with Crippen LogP contribution in [0.15, 0.2) is 29.2 Å². The largest absolute Gasteiger partial charge is 0.412 e. The van der Waals surface area contributed by atoms with Gasteiger partial charge in [0.25, 0.3) is 0 Å². The Balaban J connectivity index is 0.00000144. The molecule has 2 atom stereocenters. The topological polar surface area (TPSA) is 67.0 Å². The fraction of sp³-hybridized carbons (Fsp3) is 0.500. The highest BCUT2D eigenvalue weighted by Gasteiger charge is 2.17. The maximum atomic E-state index is 11.8. The Morgan fingerprint density at radius 1 is 1.41 bits per heavy atom. The van der Waals surface area contributed by atoms with Gasteiger partial charge >= 0.3 is 0 Å². The van der Waals surface area contributed by atoms with Crippen LogP contribution in [0.3, 0.4) is 0 Å². The van der Waals surface area contributed by atoms with Crippen molar-refractivity contribution < 1.29 is 18.6 Å². The molecular formula is C12H18O4S. The Labute approximate surface area is 104 Å². The van der Waals surface area contributed by atoms with Crippen LogP contribution in [-0.2, 0) is 20.0 Å². The third kappa shape index (κ3) is 4.20. The molecule has 1 unspecified atom stereocenters. The predicted octanol–water partition coefficient (Wildman–Crippen LogP) is 1.25. The zero-order valence-corrected chi connectivity index (χ0v) is 10.7. The number of hydrogen-bond acceptors (Lipinski definition) is 3. The van der Waals surface area contributed by atoms with E-state index in [2.05, 4.69) is 0 Å². The van der Waals surface area contributed by atoms with E-state index in [-0.39, 0.29) is 5.48 Å². The number of hydrogen-bond donors (Lipinski definition) is 0. The molecule has 0 aliphatic carbocycles. The monoisotopic (exact) mass is 258 g/mol. The third-order valence-corrected chi connectivity index (χ3v) is 3.66. The SMILES string of the molecule is Cc1ccc(S(=O)OC[C@H]2CCOC2)cc1.O. The zero-order valence-electron chi connectivity index (χ0n) is 9.85. The standard InChI is InChI=1S/C12H16O3S.H2O/c1-10-2-4-12(5-3-10)16(13)15-9-11-6-7-14-8-11;/h2-5,11H,6-9H2,1H3;1H2/t11-,16?;/m0./s1. The van der Waals surface area contributed by atoms with Crippen molar-refractivity contribution in [2.75, 3.05) is 19.8 Å². The fourth-order valence-electron chi connectivity index (χ4n) is 1.59. The van der Waals surface area contributed by atoms with E-state index in [0.717, 1.165) is 30.1 Å². The highest BCUT2D eigenvalue weighted by Crippen LogP contribution is 2.15. The summed E-state index contributed by atoms with van der Waals surface area (Å²) in [5.41, 5.74) is 1.16. The van der Waals surface area contributed by atoms with Crippen LogP contribution in [-0.4, -0.2) is 29.5 Å². The van der Waals surface area contributed by atoms with Gasteiger partial charge in [0, 0.05) is 12.5 Å². The molecule has 2 N–H and O–H groups in total. The molecule has 1 fully saturated rings. The second-order valence-corrected chi connectivity index (χ2v) is 5.24. The maximum Gasteiger partial charge on any atom is 0.189 e. The third-order valence-electron chi connectivity index (χ3n) is 2.65. The Bertz CT molecular complexity index is 357. The lowest BCUT2D eigenvalue weighted by molar-refractivity contribution is 0.171. The summed E-state index contributed by atoms with van der Waals surface area (Å²) in [5, 5.41) is 0. The van der Waals surface area contributed by atoms with Crippen molar-refractivity contribution in [1.29, 1.82) is 0 Å². The normalized spacial score (nSPS) is 20.9. The van der Waals surface area contributed by atoms with Crippen LogP contribution in [0, 0.1) is 12.8 Å². The lowest BCUT2D eigenvalue weighted by Crippen LogP contribution is -2.10. The first kappa shape index (κ1) is 14.3. The first-order valence-electron chi connectivity index (χ1n) is 5.45. The minimum absolute atomic E-state index is 0. The molecule has 96 valence electrons. The van der Waals surface area contributed by atoms with Crippen LogP contribution >= 0.6 is 0 Å². The van der Waals surface area contributed by atoms with E-state index in [1.54, 1.807) is 0 Å². The highest BCUT2D eigenvalue weighted by atomic mass is 32.2. The summed E-state index contributed by atoms with van der Waals surface area (Å²) in [5.74, 6) is 0.398. The van der Waals surface area contributed by atoms with Crippen molar-refractivity contribution >= 4 is 11.1 Å². The first-order valence-corrected chi connectivity index (χ1v) is 6.52. The van der Waals surface area contributed by atoms with E-state index >= 15 is 0 Å². The van der Waals surface area contributed by atoms with E-state index in [4.69, 9.17) is 8.92 Å². The molecule has 1 aliphatic heterocycles. The molecular weight excluding hydrogens is 240 g/mol. The van der Waals surface area contributed by atoms with E-state index in [1.807, 2.05) is 31.2 Å². The van der Waals surface area contributed by atoms with Crippen LogP contribution in [0.4, 0.5) is 0 Å². The smallest absolute Gasteiger partial charge is 0.189 e. The van der Waals surface area contributed by atoms with Gasteiger partial charge in [-0.05, 0) is 25.5 Å². The number of benzene rings is 1. The number of aryl methyl sites for hydroxylation is 1. The molecule has 1 aliphatic rings. The van der Waals surface area contributed by atoms with Crippen LogP contribution in [0.5, 0.6) is 0 Å². The van der Waals surface area contributed by atoms with Crippen LogP contribution in [0.25, 0.3) is 0 Å². The molecule has 0 radical (unpaired) electrons. The highest BCUT2D eigenvalue weighted by molar-refractivity contribution is 7.80. The number of rotatable bonds is 4. The van der Waals surface area contributed by atoms with Gasteiger partial charge in [0.2, 0.25) is 0 Å². The molecule has 1 heterocycles. The Kier molecular flexibility index (Phi) is 5.77. The minimum Gasteiger partial charge on any atom is -0.412 e. The molecule has 4 nitrogen and oxygen atoms in total. The van der Waals surface area contributed by atoms with Gasteiger partial charge in [-0.3, -0.25) is 4.18 Å². The first-order chi connectivity index (χ1) is 7.75. The van der Waals surface area contributed by atoms with Crippen molar-refractivity contribution in [3.05, 3.63) is 29.8 Å². The quantitative estimate of drug-likeness (QED) is 0.816. The van der Waals surface area contributed by atoms with E-state index < -0.39 is 11.1 Å². The van der Waals surface area contributed by atoms with E-state index in [9.17, 15) is 4.21 Å². The summed E-state index contributed by atoms with van der Waals surface area (Å²) >= 11 is -1.34. The lowest BCUT2D eigenvalue weighted by atomic mass is 10.1. The van der Waals surface area contributed by atoms with E-state index in [1.165, 1.54) is 0 Å². The second-order valence-electron chi connectivity index (χ2n) is 4.06. The molecule has 5 heteroatoms. The Morgan fingerprint density at radius 2 is 2.12 bits per heavy atom. The van der Waals surface area contributed by atoms with Crippen LogP contribution in [0.2, 0.25) is 0 Å². The molecule has 0 bridgehead atoms. The van der Waals surface area contributed by atoms with Crippen molar-refractivity contribution in [2.45, 2.75) is 18.2 Å². The van der Waals surface area contributed by atoms with Gasteiger partial charge in [-0.2, -0.15) is 0 Å². The molecule has 0 saturated carbocycles. The zero-order chi connectivity index (χ0) is 11.4. The molecule has 1 aromatic carbocycles. The van der Waals surface area contributed by atoms with E-state index in [0.29, 0.717) is 12.5 Å². The van der Waals surface area contributed by atoms with Gasteiger partial charge in [-0.1, -0.05) is 17.7 Å². The predicted molar refractivity (Wildman–Crippen MR) is 66.1 cm³/mol. The number of ether oxygens (including phenoxy) is 1. The average Bonchev–Trinajstić information content (AvgIpc) is 2.80. The molecule has 0 spiro atoms. The minimum atomic E-state index is -1.34. The molecule has 1 saturated heterocycles. The summed E-state index contributed by atoms with van der Waals surface area (Å²) in [4.78, 5) is 0.726. The van der Waals surface area contributed by atoms with Crippen molar-refractivity contribution in [3.8, 4) is 0 Å². The maximum absolute atomic E-state index is 11.8. The second kappa shape index (κ2) is 6.86. The van der Waals surface area contributed by atoms with Gasteiger partial charge in [0.1, 0.15) is 0 Å². The van der Waals surface area contributed by atoms with Gasteiger partial charge in [-0.15, -0.1) is 0 Å². The van der Waals surface area contributed by atoms with Crippen molar-refractivity contribution in [2.24, 2.45) is 5.92 Å². The Hall–Kier alpha value is -0.750. The summed E-state index contributed by atoms with van der Waals surface area (Å²) in [6.07, 6.45) is 1.01. The Morgan fingerprint density at radius 3 is 2.71 bits per heavy atom. The van der Waals surface area contributed by atoms with Crippen LogP contribution < -0.4 is 0 Å². The van der Waals surface area contributed by atoms with Gasteiger partial charge in [-0.25, -0.2) is 4.21 Å². The summed E-state index contributed by atoms with van der Waals surface area (Å²) < 4.78 is 22.3. The van der Waals surface area contributed by atoms with Gasteiger partial charge in [0.05, 0.1) is 18.1 Å². The summed E-state index contributed by atoms with van der Waals surface area (Å²) in [6, 6.07) is 7.57. The van der Waals surface area contributed by atoms with Crippen LogP contribution in [0.1, 0.15) is 12.0 Å². The fourth-order valence-corrected chi connectivity index (χ4v) is 2.40. The molecule has 2 rings (SSSR count). The summed E-state index contributed by atoms with van der Waals surface area (Å²) in [6.45, 7) is 4.04. The van der Waals surface area contributed by atoms with Crippen molar-refractivity contribution in [3.63, 3.8) is 0 Å². The van der Waals surface area contributed by atoms with Gasteiger partial charge < -0.3 is 10.2 Å². The van der Waals surface area contributed by atoms with Crippen molar-refractivity contribution in [1.82, 2.24) is 0 Å². The lowest BCUT2D eigenvalue weighted by Gasteiger charge is -2.07. The van der Waals surface area contributed by atoms with Gasteiger partial charge in [0.15, 0.2) is 11.1 Å². The average molecular weight is 258 g/mol. The molecule has 17 heavy (non-hydrogen) atoms. The molecule has 0 aromatic heterocycles. The summed E-state index contributed by atoms with van der Waals surface area (Å²) in [7, 11) is 0.